The van der Waals surface area contributed by atoms with E-state index in [1.165, 1.54) is 12.3 Å². The van der Waals surface area contributed by atoms with Gasteiger partial charge in [-0.05, 0) is 39.7 Å². The second-order valence-electron chi connectivity index (χ2n) is 7.36. The molecule has 1 unspecified atom stereocenters. The summed E-state index contributed by atoms with van der Waals surface area (Å²) in [6.45, 7) is 2.16. The minimum atomic E-state index is -5.11. The van der Waals surface area contributed by atoms with Gasteiger partial charge in [-0.25, -0.2) is 0 Å². The summed E-state index contributed by atoms with van der Waals surface area (Å²) in [7, 11) is 0. The second-order valence-corrected chi connectivity index (χ2v) is 7.36. The van der Waals surface area contributed by atoms with E-state index < -0.39 is 35.3 Å². The van der Waals surface area contributed by atoms with Crippen LogP contribution in [0.1, 0.15) is 45.2 Å². The van der Waals surface area contributed by atoms with Crippen molar-refractivity contribution in [3.05, 3.63) is 18.0 Å². The van der Waals surface area contributed by atoms with Crippen molar-refractivity contribution < 1.29 is 36.2 Å². The molecule has 0 bridgehead atoms. The smallest absolute Gasteiger partial charge is 0.373 e. The lowest BCUT2D eigenvalue weighted by molar-refractivity contribution is -0.250. The van der Waals surface area contributed by atoms with Crippen LogP contribution in [0.4, 0.5) is 26.3 Å². The molecule has 1 aromatic rings. The molecule has 27 heavy (non-hydrogen) atoms. The Balaban J connectivity index is 2.14. The lowest BCUT2D eigenvalue weighted by atomic mass is 9.91. The Morgan fingerprint density at radius 2 is 1.59 bits per heavy atom. The Kier molecular flexibility index (Phi) is 5.32. The van der Waals surface area contributed by atoms with Crippen LogP contribution in [0.2, 0.25) is 0 Å². The summed E-state index contributed by atoms with van der Waals surface area (Å²) in [5.74, 6) is -1.86. The standard InChI is InChI=1S/C16H21F6N3O2/c1-13(2,15(17,18)19)25-11(4-7-23-25)10-5-8-24(9-6-10)12(26)14(3,27)16(20,21)22/h4,7,10,27H,5-6,8-9H2,1-3H3. The summed E-state index contributed by atoms with van der Waals surface area (Å²) < 4.78 is 79.3. The Morgan fingerprint density at radius 1 is 1.07 bits per heavy atom. The maximum Gasteiger partial charge on any atom is 0.426 e. The normalized spacial score (nSPS) is 19.9. The molecule has 1 aliphatic rings. The molecule has 154 valence electrons. The number of hydrogen-bond acceptors (Lipinski definition) is 3. The zero-order valence-corrected chi connectivity index (χ0v) is 15.0. The number of aliphatic hydroxyl groups is 1. The van der Waals surface area contributed by atoms with Gasteiger partial charge in [-0.1, -0.05) is 0 Å². The third kappa shape index (κ3) is 3.78. The molecule has 11 heteroatoms. The molecule has 0 spiro atoms. The van der Waals surface area contributed by atoms with E-state index in [0.717, 1.165) is 23.4 Å². The first-order chi connectivity index (χ1) is 12.1. The lowest BCUT2D eigenvalue weighted by Gasteiger charge is -2.38. The van der Waals surface area contributed by atoms with E-state index >= 15 is 0 Å². The number of alkyl halides is 6. The number of likely N-dealkylation sites (tertiary alicyclic amines) is 1. The SMILES string of the molecule is CC(O)(C(=O)N1CCC(c2ccnn2C(C)(C)C(F)(F)F)CC1)C(F)(F)F. The van der Waals surface area contributed by atoms with Crippen molar-refractivity contribution in [2.45, 2.75) is 63.0 Å². The summed E-state index contributed by atoms with van der Waals surface area (Å²) in [4.78, 5) is 12.9. The van der Waals surface area contributed by atoms with Crippen LogP contribution in [0.15, 0.2) is 12.3 Å². The zero-order valence-electron chi connectivity index (χ0n) is 15.0. The molecule has 2 heterocycles. The number of carbonyl (C=O) groups excluding carboxylic acids is 1. The van der Waals surface area contributed by atoms with Crippen LogP contribution in [0.25, 0.3) is 0 Å². The van der Waals surface area contributed by atoms with Gasteiger partial charge >= 0.3 is 12.4 Å². The fourth-order valence-electron chi connectivity index (χ4n) is 3.02. The predicted molar refractivity (Wildman–Crippen MR) is 82.8 cm³/mol. The van der Waals surface area contributed by atoms with Gasteiger partial charge in [0, 0.05) is 30.9 Å². The van der Waals surface area contributed by atoms with E-state index in [9.17, 15) is 36.2 Å². The highest BCUT2D eigenvalue weighted by atomic mass is 19.4. The number of amides is 1. The Labute approximate surface area is 151 Å². The first-order valence-electron chi connectivity index (χ1n) is 8.30. The highest BCUT2D eigenvalue weighted by Crippen LogP contribution is 2.40. The fourth-order valence-corrected chi connectivity index (χ4v) is 3.02. The molecule has 1 fully saturated rings. The molecular weight excluding hydrogens is 380 g/mol. The van der Waals surface area contributed by atoms with Gasteiger partial charge in [-0.15, -0.1) is 0 Å². The summed E-state index contributed by atoms with van der Waals surface area (Å²) in [5.41, 5.74) is -5.44. The summed E-state index contributed by atoms with van der Waals surface area (Å²) in [6.07, 6.45) is -8.08. The molecule has 1 aliphatic heterocycles. The van der Waals surface area contributed by atoms with Crippen molar-refractivity contribution in [1.29, 1.82) is 0 Å². The van der Waals surface area contributed by atoms with Crippen LogP contribution < -0.4 is 0 Å². The number of aromatic nitrogens is 2. The first-order valence-corrected chi connectivity index (χ1v) is 8.30. The molecule has 0 radical (unpaired) electrons. The Bertz CT molecular complexity index is 685. The number of halogens is 6. The molecular formula is C16H21F6N3O2. The van der Waals surface area contributed by atoms with Crippen molar-refractivity contribution in [3.8, 4) is 0 Å². The largest absolute Gasteiger partial charge is 0.426 e. The van der Waals surface area contributed by atoms with Crippen LogP contribution in [-0.2, 0) is 10.3 Å². The molecule has 1 saturated heterocycles. The average molecular weight is 401 g/mol. The van der Waals surface area contributed by atoms with Crippen LogP contribution in [0, 0.1) is 0 Å². The predicted octanol–water partition coefficient (Wildman–Crippen LogP) is 3.20. The van der Waals surface area contributed by atoms with Crippen LogP contribution in [-0.4, -0.2) is 56.7 Å². The molecule has 0 saturated carbocycles. The van der Waals surface area contributed by atoms with Crippen molar-refractivity contribution in [2.75, 3.05) is 13.1 Å². The quantitative estimate of drug-likeness (QED) is 0.792. The van der Waals surface area contributed by atoms with Gasteiger partial charge in [-0.2, -0.15) is 31.4 Å². The fraction of sp³-hybridized carbons (Fsp3) is 0.750. The maximum absolute atomic E-state index is 13.3. The molecule has 2 rings (SSSR count). The van der Waals surface area contributed by atoms with Gasteiger partial charge < -0.3 is 10.0 Å². The zero-order chi connectivity index (χ0) is 20.8. The Morgan fingerprint density at radius 3 is 2.04 bits per heavy atom. The van der Waals surface area contributed by atoms with Crippen LogP contribution in [0.3, 0.4) is 0 Å². The van der Waals surface area contributed by atoms with E-state index in [4.69, 9.17) is 0 Å². The maximum atomic E-state index is 13.3. The average Bonchev–Trinajstić information content (AvgIpc) is 3.02. The van der Waals surface area contributed by atoms with E-state index in [-0.39, 0.29) is 25.9 Å². The summed E-state index contributed by atoms with van der Waals surface area (Å²) in [5, 5.41) is 13.3. The number of nitrogens with zero attached hydrogens (tertiary/aromatic N) is 3. The third-order valence-electron chi connectivity index (χ3n) is 5.06. The highest BCUT2D eigenvalue weighted by molar-refractivity contribution is 5.85. The van der Waals surface area contributed by atoms with Crippen molar-refractivity contribution in [3.63, 3.8) is 0 Å². The van der Waals surface area contributed by atoms with Gasteiger partial charge in [0.1, 0.15) is 0 Å². The van der Waals surface area contributed by atoms with Crippen LogP contribution in [0.5, 0.6) is 0 Å². The molecule has 5 nitrogen and oxygen atoms in total. The number of hydrogen-bond donors (Lipinski definition) is 1. The summed E-state index contributed by atoms with van der Waals surface area (Å²) >= 11 is 0. The minimum absolute atomic E-state index is 0.104. The monoisotopic (exact) mass is 401 g/mol. The second kappa shape index (κ2) is 6.68. The van der Waals surface area contributed by atoms with Gasteiger partial charge in [0.25, 0.3) is 5.91 Å². The van der Waals surface area contributed by atoms with Crippen molar-refractivity contribution in [2.24, 2.45) is 0 Å². The molecule has 1 N–H and O–H groups in total. The molecule has 0 aromatic carbocycles. The summed E-state index contributed by atoms with van der Waals surface area (Å²) in [6, 6.07) is 1.45. The Hall–Kier alpha value is -1.78. The van der Waals surface area contributed by atoms with E-state index in [0.29, 0.717) is 12.6 Å². The molecule has 0 aliphatic carbocycles. The van der Waals surface area contributed by atoms with Gasteiger partial charge in [-0.3, -0.25) is 9.48 Å². The first kappa shape index (κ1) is 21.5. The lowest BCUT2D eigenvalue weighted by Crippen LogP contribution is -2.57. The number of piperidine rings is 1. The number of rotatable bonds is 3. The van der Waals surface area contributed by atoms with E-state index in [2.05, 4.69) is 5.10 Å². The molecule has 1 aromatic heterocycles. The molecule has 1 amide bonds. The van der Waals surface area contributed by atoms with E-state index in [1.807, 2.05) is 0 Å². The van der Waals surface area contributed by atoms with E-state index in [1.54, 1.807) is 0 Å². The van der Waals surface area contributed by atoms with Crippen molar-refractivity contribution >= 4 is 5.91 Å². The van der Waals surface area contributed by atoms with Gasteiger partial charge in [0.15, 0.2) is 5.54 Å². The van der Waals surface area contributed by atoms with Crippen LogP contribution >= 0.6 is 0 Å². The number of carbonyl (C=O) groups is 1. The van der Waals surface area contributed by atoms with Gasteiger partial charge in [0.05, 0.1) is 0 Å². The topological polar surface area (TPSA) is 58.4 Å². The minimum Gasteiger partial charge on any atom is -0.373 e. The van der Waals surface area contributed by atoms with Crippen molar-refractivity contribution in [1.82, 2.24) is 14.7 Å². The highest BCUT2D eigenvalue weighted by Gasteiger charge is 2.57. The third-order valence-corrected chi connectivity index (χ3v) is 5.06. The molecule has 1 atom stereocenters. The van der Waals surface area contributed by atoms with Gasteiger partial charge in [0.2, 0.25) is 5.60 Å².